The largest absolute Gasteiger partial charge is 0.453 e. The number of anilines is 1. The molecule has 1 fully saturated rings. The molecule has 3 aromatic rings. The Labute approximate surface area is 235 Å². The number of hydrogen-bond donors (Lipinski definition) is 4. The van der Waals surface area contributed by atoms with Crippen molar-refractivity contribution in [1.29, 1.82) is 0 Å². The van der Waals surface area contributed by atoms with Crippen LogP contribution in [-0.2, 0) is 33.6 Å². The third-order valence-corrected chi connectivity index (χ3v) is 8.24. The third kappa shape index (κ3) is 8.61. The summed E-state index contributed by atoms with van der Waals surface area (Å²) in [6, 6.07) is 15.3. The second-order valence-corrected chi connectivity index (χ2v) is 11.2. The minimum Gasteiger partial charge on any atom is -0.453 e. The van der Waals surface area contributed by atoms with E-state index in [1.54, 1.807) is 12.1 Å². The lowest BCUT2D eigenvalue weighted by Gasteiger charge is -2.23. The maximum absolute atomic E-state index is 13.6. The number of rotatable bonds is 11. The van der Waals surface area contributed by atoms with Crippen molar-refractivity contribution in [2.45, 2.75) is 62.9 Å². The van der Waals surface area contributed by atoms with Crippen molar-refractivity contribution in [1.82, 2.24) is 15.6 Å². The first-order valence-corrected chi connectivity index (χ1v) is 15.0. The Balaban J connectivity index is 1.56. The monoisotopic (exact) mass is 570 g/mol. The van der Waals surface area contributed by atoms with Crippen molar-refractivity contribution in [3.63, 3.8) is 0 Å². The Kier molecular flexibility index (Phi) is 10.5. The molecule has 1 unspecified atom stereocenters. The molecule has 2 aromatic carbocycles. The molecule has 1 aromatic heterocycles. The van der Waals surface area contributed by atoms with E-state index in [1.807, 2.05) is 42.5 Å². The highest BCUT2D eigenvalue weighted by molar-refractivity contribution is 7.80. The molecule has 0 spiro atoms. The van der Waals surface area contributed by atoms with Crippen LogP contribution in [-0.4, -0.2) is 38.9 Å². The Morgan fingerprint density at radius 3 is 2.38 bits per heavy atom. The quantitative estimate of drug-likeness (QED) is 0.237. The second kappa shape index (κ2) is 14.2. The predicted molar refractivity (Wildman–Crippen MR) is 153 cm³/mol. The first kappa shape index (κ1) is 28.7. The lowest BCUT2D eigenvalue weighted by Crippen LogP contribution is -2.49. The molecule has 11 heteroatoms. The molecule has 4 rings (SSSR count). The summed E-state index contributed by atoms with van der Waals surface area (Å²) in [5.41, 5.74) is 3.42. The normalized spacial score (nSPS) is 16.1. The molecular formula is C28H34N4O5S2. The summed E-state index contributed by atoms with van der Waals surface area (Å²) in [5, 5.41) is 8.70. The molecular weight excluding hydrogens is 536 g/mol. The number of carbonyl (C=O) groups is 2. The maximum atomic E-state index is 13.6. The highest BCUT2D eigenvalue weighted by atomic mass is 32.2. The van der Waals surface area contributed by atoms with Crippen LogP contribution >= 0.6 is 11.3 Å². The number of alkyl carbamates (subject to hydrolysis) is 1. The van der Waals surface area contributed by atoms with Gasteiger partial charge >= 0.3 is 6.09 Å². The molecule has 0 aliphatic heterocycles. The Morgan fingerprint density at radius 2 is 1.72 bits per heavy atom. The number of thiazole rings is 1. The standard InChI is InChI=1S/C28H34N4O5S2/c1-37-28(34)31-23(16-19-8-4-2-5-9-19)26(33)29-24(17-20-12-14-22(15-13-20)32-39(35)36)27-30-25(18-38-27)21-10-6-3-7-11-21/h2,4-5,8-9,12-15,18,21,23-24,32H,3,6-7,10-11,16-17H2,1H3,(H,29,33)(H,31,34)(H,35,36)/t23-,24-/m0/s1. The minimum absolute atomic E-state index is 0.304. The van der Waals surface area contributed by atoms with Crippen molar-refractivity contribution in [2.24, 2.45) is 0 Å². The lowest BCUT2D eigenvalue weighted by molar-refractivity contribution is -0.123. The number of methoxy groups -OCH3 is 1. The van der Waals surface area contributed by atoms with Gasteiger partial charge < -0.3 is 15.4 Å². The van der Waals surface area contributed by atoms with E-state index in [-0.39, 0.29) is 5.91 Å². The topological polar surface area (TPSA) is 130 Å². The van der Waals surface area contributed by atoms with E-state index in [4.69, 9.17) is 14.3 Å². The van der Waals surface area contributed by atoms with Gasteiger partial charge in [-0.1, -0.05) is 61.7 Å². The number of hydrogen-bond acceptors (Lipinski definition) is 6. The molecule has 1 heterocycles. The van der Waals surface area contributed by atoms with Gasteiger partial charge in [0, 0.05) is 23.4 Å². The number of carbonyl (C=O) groups excluding carboxylic acids is 2. The fraction of sp³-hybridized carbons (Fsp3) is 0.393. The zero-order valence-corrected chi connectivity index (χ0v) is 23.4. The summed E-state index contributed by atoms with van der Waals surface area (Å²) < 4.78 is 27.4. The molecule has 208 valence electrons. The average molecular weight is 571 g/mol. The van der Waals surface area contributed by atoms with Crippen molar-refractivity contribution in [3.05, 3.63) is 81.8 Å². The van der Waals surface area contributed by atoms with E-state index >= 15 is 0 Å². The minimum atomic E-state index is -2.16. The van der Waals surface area contributed by atoms with Crippen LogP contribution in [0.5, 0.6) is 0 Å². The molecule has 1 aliphatic carbocycles. The van der Waals surface area contributed by atoms with Crippen LogP contribution in [0.3, 0.4) is 0 Å². The summed E-state index contributed by atoms with van der Waals surface area (Å²) >= 11 is -0.625. The van der Waals surface area contributed by atoms with E-state index in [2.05, 4.69) is 20.7 Å². The molecule has 0 saturated heterocycles. The number of aromatic nitrogens is 1. The predicted octanol–water partition coefficient (Wildman–Crippen LogP) is 5.11. The van der Waals surface area contributed by atoms with Gasteiger partial charge in [0.25, 0.3) is 11.3 Å². The second-order valence-electron chi connectivity index (χ2n) is 9.64. The Hall–Kier alpha value is -3.28. The Bertz CT molecular complexity index is 1250. The van der Waals surface area contributed by atoms with Gasteiger partial charge in [-0.3, -0.25) is 14.1 Å². The van der Waals surface area contributed by atoms with Crippen molar-refractivity contribution < 1.29 is 23.1 Å². The summed E-state index contributed by atoms with van der Waals surface area (Å²) in [6.45, 7) is 0. The van der Waals surface area contributed by atoms with Gasteiger partial charge in [0.05, 0.1) is 18.8 Å². The molecule has 39 heavy (non-hydrogen) atoms. The maximum Gasteiger partial charge on any atom is 0.407 e. The molecule has 0 bridgehead atoms. The molecule has 3 atom stereocenters. The first-order chi connectivity index (χ1) is 18.9. The van der Waals surface area contributed by atoms with Crippen LogP contribution in [0, 0.1) is 0 Å². The highest BCUT2D eigenvalue weighted by Crippen LogP contribution is 2.34. The van der Waals surface area contributed by atoms with Gasteiger partial charge in [0.15, 0.2) is 0 Å². The summed E-state index contributed by atoms with van der Waals surface area (Å²) in [7, 11) is 1.27. The zero-order valence-electron chi connectivity index (χ0n) is 21.8. The van der Waals surface area contributed by atoms with E-state index in [0.717, 1.165) is 34.7 Å². The van der Waals surface area contributed by atoms with Crippen LogP contribution < -0.4 is 15.4 Å². The van der Waals surface area contributed by atoms with Gasteiger partial charge in [0.1, 0.15) is 11.0 Å². The molecule has 4 N–H and O–H groups in total. The summed E-state index contributed by atoms with van der Waals surface area (Å²) in [5.74, 6) is 0.106. The Morgan fingerprint density at radius 1 is 1.03 bits per heavy atom. The number of ether oxygens (including phenoxy) is 1. The van der Waals surface area contributed by atoms with Crippen molar-refractivity contribution in [2.75, 3.05) is 11.8 Å². The van der Waals surface area contributed by atoms with Gasteiger partial charge in [-0.2, -0.15) is 0 Å². The van der Waals surface area contributed by atoms with Crippen LogP contribution in [0.25, 0.3) is 0 Å². The van der Waals surface area contributed by atoms with E-state index in [0.29, 0.717) is 24.4 Å². The fourth-order valence-corrected chi connectivity index (χ4v) is 6.11. The van der Waals surface area contributed by atoms with Crippen molar-refractivity contribution in [3.8, 4) is 0 Å². The van der Waals surface area contributed by atoms with E-state index < -0.39 is 29.4 Å². The first-order valence-electron chi connectivity index (χ1n) is 13.0. The van der Waals surface area contributed by atoms with Crippen molar-refractivity contribution >= 4 is 40.3 Å². The lowest BCUT2D eigenvalue weighted by atomic mass is 9.87. The van der Waals surface area contributed by atoms with E-state index in [1.165, 1.54) is 37.7 Å². The van der Waals surface area contributed by atoms with Crippen LogP contribution in [0.4, 0.5) is 10.5 Å². The van der Waals surface area contributed by atoms with Crippen LogP contribution in [0.15, 0.2) is 60.0 Å². The number of nitrogens with one attached hydrogen (secondary N) is 3. The zero-order chi connectivity index (χ0) is 27.6. The van der Waals surface area contributed by atoms with Crippen LogP contribution in [0.1, 0.15) is 65.9 Å². The summed E-state index contributed by atoms with van der Waals surface area (Å²) in [4.78, 5) is 30.6. The average Bonchev–Trinajstić information content (AvgIpc) is 3.44. The molecule has 9 nitrogen and oxygen atoms in total. The fourth-order valence-electron chi connectivity index (χ4n) is 4.82. The van der Waals surface area contributed by atoms with Gasteiger partial charge in [-0.15, -0.1) is 11.3 Å². The number of benzene rings is 2. The van der Waals surface area contributed by atoms with Gasteiger partial charge in [0.2, 0.25) is 5.91 Å². The molecule has 1 saturated carbocycles. The van der Waals surface area contributed by atoms with Gasteiger partial charge in [-0.05, 0) is 42.5 Å². The highest BCUT2D eigenvalue weighted by Gasteiger charge is 2.27. The smallest absolute Gasteiger partial charge is 0.407 e. The third-order valence-electron chi connectivity index (χ3n) is 6.85. The SMILES string of the molecule is COC(=O)N[C@@H](Cc1ccccc1)C(=O)N[C@@H](Cc1ccc(NS(=O)O)cc1)c1nc(C2CCCCC2)cs1. The number of nitrogens with zero attached hydrogens (tertiary/aromatic N) is 1. The van der Waals surface area contributed by atoms with Gasteiger partial charge in [-0.25, -0.2) is 14.0 Å². The number of amides is 2. The molecule has 2 amide bonds. The van der Waals surface area contributed by atoms with E-state index in [9.17, 15) is 13.8 Å². The van der Waals surface area contributed by atoms with Crippen LogP contribution in [0.2, 0.25) is 0 Å². The molecule has 0 radical (unpaired) electrons. The molecule has 1 aliphatic rings. The summed E-state index contributed by atoms with van der Waals surface area (Å²) in [6.07, 6.45) is 6.01.